The molecule has 2 atom stereocenters. The molecule has 0 amide bonds. The van der Waals surface area contributed by atoms with E-state index in [0.29, 0.717) is 25.8 Å². The molecule has 2 saturated heterocycles. The molecule has 0 bridgehead atoms. The smallest absolute Gasteiger partial charge is 0.151 e. The number of Topliss-reactive ketones (excluding diaryl/α,β-unsaturated/α-hetero) is 1. The Kier molecular flexibility index (Phi) is 2.39. The number of carbonyl (C=O) groups excluding carboxylic acids is 1. The van der Waals surface area contributed by atoms with Crippen molar-refractivity contribution >= 4 is 15.6 Å². The molecule has 0 aromatic carbocycles. The second kappa shape index (κ2) is 3.31. The van der Waals surface area contributed by atoms with Gasteiger partial charge < -0.3 is 0 Å². The summed E-state index contributed by atoms with van der Waals surface area (Å²) in [6, 6.07) is 0.191. The number of sulfone groups is 1. The van der Waals surface area contributed by atoms with Crippen molar-refractivity contribution in [3.05, 3.63) is 0 Å². The maximum absolute atomic E-state index is 11.3. The highest BCUT2D eigenvalue weighted by Crippen LogP contribution is 2.28. The van der Waals surface area contributed by atoms with Crippen molar-refractivity contribution in [2.45, 2.75) is 30.6 Å². The van der Waals surface area contributed by atoms with Crippen molar-refractivity contribution in [1.82, 2.24) is 4.90 Å². The average Bonchev–Trinajstić information content (AvgIpc) is 2.45. The van der Waals surface area contributed by atoms with Crippen molar-refractivity contribution in [3.8, 4) is 0 Å². The molecule has 0 saturated carbocycles. The number of hydrogen-bond donors (Lipinski definition) is 0. The second-order valence-electron chi connectivity index (χ2n) is 4.33. The van der Waals surface area contributed by atoms with Crippen LogP contribution in [0.3, 0.4) is 0 Å². The summed E-state index contributed by atoms with van der Waals surface area (Å²) < 4.78 is 22.7. The van der Waals surface area contributed by atoms with Crippen LogP contribution in [0.15, 0.2) is 0 Å². The Hall–Kier alpha value is -0.420. The minimum absolute atomic E-state index is 0.191. The molecule has 14 heavy (non-hydrogen) atoms. The Morgan fingerprint density at radius 1 is 1.43 bits per heavy atom. The van der Waals surface area contributed by atoms with Gasteiger partial charge in [-0.3, -0.25) is 9.69 Å². The zero-order chi connectivity index (χ0) is 10.3. The molecule has 2 fully saturated rings. The Labute approximate surface area is 84.2 Å². The third-order valence-corrected chi connectivity index (χ3v) is 4.79. The van der Waals surface area contributed by atoms with Crippen molar-refractivity contribution < 1.29 is 13.2 Å². The lowest BCUT2D eigenvalue weighted by atomic mass is 10.0. The number of hydrogen-bond acceptors (Lipinski definition) is 4. The van der Waals surface area contributed by atoms with Gasteiger partial charge in [0.1, 0.15) is 5.78 Å². The van der Waals surface area contributed by atoms with E-state index in [1.54, 1.807) is 0 Å². The third kappa shape index (κ3) is 1.83. The number of nitrogens with zero attached hydrogens (tertiary/aromatic N) is 1. The average molecular weight is 217 g/mol. The Morgan fingerprint density at radius 3 is 2.79 bits per heavy atom. The molecule has 4 nitrogen and oxygen atoms in total. The van der Waals surface area contributed by atoms with Crippen LogP contribution in [0.25, 0.3) is 0 Å². The highest BCUT2D eigenvalue weighted by atomic mass is 32.2. The lowest BCUT2D eigenvalue weighted by molar-refractivity contribution is -0.122. The quantitative estimate of drug-likeness (QED) is 0.612. The highest BCUT2D eigenvalue weighted by molar-refractivity contribution is 7.91. The van der Waals surface area contributed by atoms with Gasteiger partial charge in [0.15, 0.2) is 9.84 Å². The van der Waals surface area contributed by atoms with Gasteiger partial charge >= 0.3 is 0 Å². The Balaban J connectivity index is 2.09. The minimum Gasteiger partial charge on any atom is -0.300 e. The van der Waals surface area contributed by atoms with Gasteiger partial charge in [-0.1, -0.05) is 0 Å². The molecular formula is C9H15NO3S. The van der Waals surface area contributed by atoms with Gasteiger partial charge in [0.2, 0.25) is 0 Å². The number of rotatable bonds is 1. The minimum atomic E-state index is -2.93. The van der Waals surface area contributed by atoms with Gasteiger partial charge in [-0.15, -0.1) is 0 Å². The van der Waals surface area contributed by atoms with E-state index in [9.17, 15) is 13.2 Å². The SMILES string of the molecule is CS(=O)(=O)[C@H]1CC2CC(=O)CCN2C1. The lowest BCUT2D eigenvalue weighted by Gasteiger charge is -2.27. The standard InChI is InChI=1S/C9H15NO3S/c1-14(12,13)9-5-7-4-8(11)2-3-10(7)6-9/h7,9H,2-6H2,1H3/t7?,9-/m0/s1. The van der Waals surface area contributed by atoms with E-state index in [1.165, 1.54) is 6.26 Å². The summed E-state index contributed by atoms with van der Waals surface area (Å²) >= 11 is 0. The predicted octanol–water partition coefficient (Wildman–Crippen LogP) is -0.163. The summed E-state index contributed by atoms with van der Waals surface area (Å²) in [5.41, 5.74) is 0. The molecule has 0 aliphatic carbocycles. The molecule has 0 aromatic heterocycles. The van der Waals surface area contributed by atoms with Crippen LogP contribution < -0.4 is 0 Å². The number of fused-ring (bicyclic) bond motifs is 1. The van der Waals surface area contributed by atoms with E-state index < -0.39 is 9.84 Å². The van der Waals surface area contributed by atoms with Crippen LogP contribution in [0, 0.1) is 0 Å². The Morgan fingerprint density at radius 2 is 2.14 bits per heavy atom. The summed E-state index contributed by atoms with van der Waals surface area (Å²) in [4.78, 5) is 13.3. The van der Waals surface area contributed by atoms with E-state index in [2.05, 4.69) is 4.90 Å². The molecule has 80 valence electrons. The molecule has 0 radical (unpaired) electrons. The fourth-order valence-corrected chi connectivity index (χ4v) is 3.40. The van der Waals surface area contributed by atoms with Crippen molar-refractivity contribution in [2.75, 3.05) is 19.3 Å². The summed E-state index contributed by atoms with van der Waals surface area (Å²) in [7, 11) is -2.93. The molecule has 0 aromatic rings. The molecule has 1 unspecified atom stereocenters. The fraction of sp³-hybridized carbons (Fsp3) is 0.889. The summed E-state index contributed by atoms with van der Waals surface area (Å²) in [5, 5.41) is -0.251. The topological polar surface area (TPSA) is 54.5 Å². The largest absolute Gasteiger partial charge is 0.300 e. The molecule has 2 aliphatic rings. The molecular weight excluding hydrogens is 202 g/mol. The number of carbonyl (C=O) groups is 1. The predicted molar refractivity (Wildman–Crippen MR) is 52.9 cm³/mol. The molecule has 2 rings (SSSR count). The van der Waals surface area contributed by atoms with Gasteiger partial charge in [0.05, 0.1) is 5.25 Å². The first kappa shape index (κ1) is 10.1. The molecule has 0 N–H and O–H groups in total. The first-order valence-electron chi connectivity index (χ1n) is 4.91. The van der Waals surface area contributed by atoms with Gasteiger partial charge in [0.25, 0.3) is 0 Å². The van der Waals surface area contributed by atoms with Crippen molar-refractivity contribution in [1.29, 1.82) is 0 Å². The van der Waals surface area contributed by atoms with Crippen molar-refractivity contribution in [2.24, 2.45) is 0 Å². The zero-order valence-corrected chi connectivity index (χ0v) is 9.09. The molecule has 5 heteroatoms. The van der Waals surface area contributed by atoms with Crippen LogP contribution in [-0.2, 0) is 14.6 Å². The van der Waals surface area contributed by atoms with Gasteiger partial charge in [-0.05, 0) is 6.42 Å². The monoisotopic (exact) mass is 217 g/mol. The maximum Gasteiger partial charge on any atom is 0.151 e. The van der Waals surface area contributed by atoms with E-state index in [1.807, 2.05) is 0 Å². The second-order valence-corrected chi connectivity index (χ2v) is 6.65. The molecule has 2 aliphatic heterocycles. The van der Waals surface area contributed by atoms with Crippen LogP contribution in [0.2, 0.25) is 0 Å². The van der Waals surface area contributed by atoms with Gasteiger partial charge in [-0.25, -0.2) is 8.42 Å². The first-order chi connectivity index (χ1) is 6.47. The van der Waals surface area contributed by atoms with Gasteiger partial charge in [-0.2, -0.15) is 0 Å². The van der Waals surface area contributed by atoms with E-state index in [4.69, 9.17) is 0 Å². The van der Waals surface area contributed by atoms with Gasteiger partial charge in [0, 0.05) is 38.2 Å². The zero-order valence-electron chi connectivity index (χ0n) is 8.27. The number of ketones is 1. The summed E-state index contributed by atoms with van der Waals surface area (Å²) in [6.07, 6.45) is 3.07. The van der Waals surface area contributed by atoms with E-state index in [0.717, 1.165) is 6.54 Å². The maximum atomic E-state index is 11.3. The van der Waals surface area contributed by atoms with Crippen LogP contribution in [0.1, 0.15) is 19.3 Å². The highest BCUT2D eigenvalue weighted by Gasteiger charge is 2.40. The van der Waals surface area contributed by atoms with Crippen LogP contribution >= 0.6 is 0 Å². The van der Waals surface area contributed by atoms with Crippen molar-refractivity contribution in [3.63, 3.8) is 0 Å². The summed E-state index contributed by atoms with van der Waals surface area (Å²) in [6.45, 7) is 1.37. The van der Waals surface area contributed by atoms with Crippen LogP contribution in [-0.4, -0.2) is 49.7 Å². The normalized spacial score (nSPS) is 34.5. The first-order valence-corrected chi connectivity index (χ1v) is 6.87. The molecule has 0 spiro atoms. The summed E-state index contributed by atoms with van der Waals surface area (Å²) in [5.74, 6) is 0.278. The fourth-order valence-electron chi connectivity index (χ4n) is 2.37. The van der Waals surface area contributed by atoms with E-state index >= 15 is 0 Å². The molecule has 2 heterocycles. The number of piperidine rings is 1. The Bertz CT molecular complexity index is 349. The third-order valence-electron chi connectivity index (χ3n) is 3.24. The van der Waals surface area contributed by atoms with E-state index in [-0.39, 0.29) is 17.1 Å². The van der Waals surface area contributed by atoms with Crippen LogP contribution in [0.4, 0.5) is 0 Å². The van der Waals surface area contributed by atoms with Crippen LogP contribution in [0.5, 0.6) is 0 Å². The lowest BCUT2D eigenvalue weighted by Crippen LogP contribution is -2.38.